The van der Waals surface area contributed by atoms with Gasteiger partial charge >= 0.3 is 0 Å². The van der Waals surface area contributed by atoms with Gasteiger partial charge in [-0.3, -0.25) is 14.7 Å². The molecule has 1 saturated heterocycles. The van der Waals surface area contributed by atoms with Gasteiger partial charge in [0.25, 0.3) is 5.91 Å². The van der Waals surface area contributed by atoms with Crippen molar-refractivity contribution in [3.05, 3.63) is 34.3 Å². The summed E-state index contributed by atoms with van der Waals surface area (Å²) in [6, 6.07) is 0. The lowest BCUT2D eigenvalue weighted by Crippen LogP contribution is -2.37. The van der Waals surface area contributed by atoms with E-state index in [2.05, 4.69) is 15.2 Å². The van der Waals surface area contributed by atoms with E-state index in [1.54, 1.807) is 18.7 Å². The van der Waals surface area contributed by atoms with Crippen molar-refractivity contribution in [2.24, 2.45) is 0 Å². The van der Waals surface area contributed by atoms with Crippen molar-refractivity contribution in [2.75, 3.05) is 26.2 Å². The molecule has 1 fully saturated rings. The minimum absolute atomic E-state index is 0.138. The molecule has 0 spiro atoms. The third-order valence-electron chi connectivity index (χ3n) is 5.95. The summed E-state index contributed by atoms with van der Waals surface area (Å²) < 4.78 is 5.48. The number of aromatic amines is 1. The van der Waals surface area contributed by atoms with Gasteiger partial charge in [0.2, 0.25) is 11.7 Å². The van der Waals surface area contributed by atoms with Crippen molar-refractivity contribution in [1.29, 1.82) is 0 Å². The summed E-state index contributed by atoms with van der Waals surface area (Å²) in [5.41, 5.74) is 4.25. The van der Waals surface area contributed by atoms with Crippen LogP contribution in [0.2, 0.25) is 0 Å². The van der Waals surface area contributed by atoms with E-state index in [0.717, 1.165) is 25.0 Å². The van der Waals surface area contributed by atoms with Gasteiger partial charge in [-0.05, 0) is 44.6 Å². The lowest BCUT2D eigenvalue weighted by atomic mass is 9.94. The predicted octanol–water partition coefficient (Wildman–Crippen LogP) is 2.20. The zero-order chi connectivity index (χ0) is 20.4. The molecule has 156 valence electrons. The summed E-state index contributed by atoms with van der Waals surface area (Å²) in [6.07, 6.45) is 6.46. The van der Waals surface area contributed by atoms with Crippen LogP contribution in [0.15, 0.2) is 4.42 Å². The molecule has 4 rings (SSSR count). The average molecular weight is 399 g/mol. The van der Waals surface area contributed by atoms with Gasteiger partial charge in [-0.25, -0.2) is 4.98 Å². The Morgan fingerprint density at radius 3 is 2.59 bits per heavy atom. The maximum absolute atomic E-state index is 12.8. The van der Waals surface area contributed by atoms with Gasteiger partial charge in [0, 0.05) is 51.6 Å². The highest BCUT2D eigenvalue weighted by molar-refractivity contribution is 5.92. The lowest BCUT2D eigenvalue weighted by molar-refractivity contribution is -0.131. The lowest BCUT2D eigenvalue weighted by Gasteiger charge is -2.22. The fraction of sp³-hybridized carbons (Fsp3) is 0.619. The van der Waals surface area contributed by atoms with Crippen molar-refractivity contribution in [3.63, 3.8) is 0 Å². The number of rotatable bonds is 4. The van der Waals surface area contributed by atoms with Crippen LogP contribution < -0.4 is 0 Å². The molecule has 8 nitrogen and oxygen atoms in total. The van der Waals surface area contributed by atoms with Gasteiger partial charge in [0.05, 0.1) is 11.4 Å². The smallest absolute Gasteiger partial charge is 0.291 e. The molecule has 2 aliphatic rings. The number of hydrogen-bond donors (Lipinski definition) is 1. The molecule has 0 bridgehead atoms. The molecule has 1 aliphatic heterocycles. The Kier molecular flexibility index (Phi) is 5.69. The normalized spacial score (nSPS) is 17.2. The molecule has 1 aliphatic carbocycles. The first kappa shape index (κ1) is 19.7. The van der Waals surface area contributed by atoms with Crippen LogP contribution in [0.25, 0.3) is 0 Å². The number of hydrogen-bond acceptors (Lipinski definition) is 5. The largest absolute Gasteiger partial charge is 0.436 e. The molecule has 2 amide bonds. The zero-order valence-corrected chi connectivity index (χ0v) is 17.3. The number of aromatic nitrogens is 3. The van der Waals surface area contributed by atoms with Crippen molar-refractivity contribution in [1.82, 2.24) is 25.0 Å². The third kappa shape index (κ3) is 4.21. The number of nitrogens with zero attached hydrogens (tertiary/aromatic N) is 4. The van der Waals surface area contributed by atoms with Gasteiger partial charge in [-0.2, -0.15) is 5.10 Å². The number of oxazole rings is 1. The number of carbonyl (C=O) groups is 2. The molecule has 0 aromatic carbocycles. The topological polar surface area (TPSA) is 95.3 Å². The standard InChI is InChI=1S/C21H29N5O3/c1-14-20(29-15(2)22-14)21(28)26-11-5-10-25(12-13-26)19(27)9-8-18-16-6-3-4-7-17(16)23-24-18/h3-13H2,1-2H3,(H,23,24). The number of H-pyrrole nitrogens is 1. The van der Waals surface area contributed by atoms with Crippen LogP contribution in [-0.4, -0.2) is 63.0 Å². The first-order valence-corrected chi connectivity index (χ1v) is 10.6. The van der Waals surface area contributed by atoms with Crippen molar-refractivity contribution in [3.8, 4) is 0 Å². The van der Waals surface area contributed by atoms with E-state index in [0.29, 0.717) is 56.4 Å². The maximum atomic E-state index is 12.8. The van der Waals surface area contributed by atoms with Gasteiger partial charge in [-0.1, -0.05) is 0 Å². The second-order valence-corrected chi connectivity index (χ2v) is 8.01. The summed E-state index contributed by atoms with van der Waals surface area (Å²) in [7, 11) is 0. The van der Waals surface area contributed by atoms with Crippen LogP contribution in [0.5, 0.6) is 0 Å². The van der Waals surface area contributed by atoms with E-state index in [9.17, 15) is 9.59 Å². The second-order valence-electron chi connectivity index (χ2n) is 8.01. The van der Waals surface area contributed by atoms with Gasteiger partial charge < -0.3 is 14.2 Å². The Hall–Kier alpha value is -2.64. The Balaban J connectivity index is 1.32. The van der Waals surface area contributed by atoms with Gasteiger partial charge in [0.15, 0.2) is 5.89 Å². The molecule has 1 N–H and O–H groups in total. The predicted molar refractivity (Wildman–Crippen MR) is 107 cm³/mol. The summed E-state index contributed by atoms with van der Waals surface area (Å²) in [6.45, 7) is 5.88. The number of amides is 2. The Morgan fingerprint density at radius 2 is 1.79 bits per heavy atom. The Labute approximate surface area is 170 Å². The van der Waals surface area contributed by atoms with E-state index in [4.69, 9.17) is 4.42 Å². The van der Waals surface area contributed by atoms with E-state index in [-0.39, 0.29) is 11.8 Å². The first-order chi connectivity index (χ1) is 14.0. The van der Waals surface area contributed by atoms with Crippen LogP contribution in [0.1, 0.15) is 64.8 Å². The van der Waals surface area contributed by atoms with Crippen LogP contribution in [0.4, 0.5) is 0 Å². The average Bonchev–Trinajstić information content (AvgIpc) is 3.17. The molecule has 3 heterocycles. The fourth-order valence-electron chi connectivity index (χ4n) is 4.38. The molecule has 0 saturated carbocycles. The van der Waals surface area contributed by atoms with E-state index < -0.39 is 0 Å². The van der Waals surface area contributed by atoms with Crippen LogP contribution in [0, 0.1) is 13.8 Å². The molecule has 2 aromatic heterocycles. The first-order valence-electron chi connectivity index (χ1n) is 10.6. The van der Waals surface area contributed by atoms with Crippen LogP contribution in [-0.2, 0) is 24.1 Å². The second kappa shape index (κ2) is 8.39. The highest BCUT2D eigenvalue weighted by Gasteiger charge is 2.26. The summed E-state index contributed by atoms with van der Waals surface area (Å²) in [4.78, 5) is 33.4. The van der Waals surface area contributed by atoms with Crippen molar-refractivity contribution >= 4 is 11.8 Å². The summed E-state index contributed by atoms with van der Waals surface area (Å²) >= 11 is 0. The highest BCUT2D eigenvalue weighted by atomic mass is 16.4. The van der Waals surface area contributed by atoms with Crippen molar-refractivity contribution in [2.45, 2.75) is 58.8 Å². The van der Waals surface area contributed by atoms with E-state index >= 15 is 0 Å². The Morgan fingerprint density at radius 1 is 1.03 bits per heavy atom. The molecule has 29 heavy (non-hydrogen) atoms. The van der Waals surface area contributed by atoms with Crippen LogP contribution >= 0.6 is 0 Å². The SMILES string of the molecule is Cc1nc(C)c(C(=O)N2CCCN(C(=O)CCc3n[nH]c4c3CCCC4)CC2)o1. The molecular formula is C21H29N5O3. The third-order valence-corrected chi connectivity index (χ3v) is 5.95. The van der Waals surface area contributed by atoms with Crippen molar-refractivity contribution < 1.29 is 14.0 Å². The fourth-order valence-corrected chi connectivity index (χ4v) is 4.38. The van der Waals surface area contributed by atoms with E-state index in [1.165, 1.54) is 24.1 Å². The molecule has 0 unspecified atom stereocenters. The minimum Gasteiger partial charge on any atom is -0.436 e. The Bertz CT molecular complexity index is 900. The molecule has 8 heteroatoms. The zero-order valence-electron chi connectivity index (χ0n) is 17.3. The molecule has 0 atom stereocenters. The summed E-state index contributed by atoms with van der Waals surface area (Å²) in [5.74, 6) is 0.808. The maximum Gasteiger partial charge on any atom is 0.291 e. The summed E-state index contributed by atoms with van der Waals surface area (Å²) in [5, 5.41) is 7.59. The van der Waals surface area contributed by atoms with E-state index in [1.807, 2.05) is 4.90 Å². The molecular weight excluding hydrogens is 370 g/mol. The van der Waals surface area contributed by atoms with Gasteiger partial charge in [-0.15, -0.1) is 0 Å². The monoisotopic (exact) mass is 399 g/mol. The number of carbonyl (C=O) groups excluding carboxylic acids is 2. The molecule has 2 aromatic rings. The van der Waals surface area contributed by atoms with Gasteiger partial charge in [0.1, 0.15) is 0 Å². The molecule has 0 radical (unpaired) electrons. The number of aryl methyl sites for hydroxylation is 4. The quantitative estimate of drug-likeness (QED) is 0.850. The van der Waals surface area contributed by atoms with Crippen LogP contribution in [0.3, 0.4) is 0 Å². The highest BCUT2D eigenvalue weighted by Crippen LogP contribution is 2.23. The number of nitrogens with one attached hydrogen (secondary N) is 1. The number of fused-ring (bicyclic) bond motifs is 1. The minimum atomic E-state index is -0.138.